The minimum absolute atomic E-state index is 0.141. The molecule has 1 aliphatic heterocycles. The highest BCUT2D eigenvalue weighted by atomic mass is 16.6. The molecule has 0 bridgehead atoms. The van der Waals surface area contributed by atoms with Crippen LogP contribution < -0.4 is 9.47 Å². The van der Waals surface area contributed by atoms with Crippen molar-refractivity contribution in [3.63, 3.8) is 0 Å². The van der Waals surface area contributed by atoms with Crippen LogP contribution in [0.4, 0.5) is 0 Å². The van der Waals surface area contributed by atoms with Gasteiger partial charge in [0.05, 0.1) is 12.7 Å². The van der Waals surface area contributed by atoms with Crippen LogP contribution in [0.5, 0.6) is 11.5 Å². The van der Waals surface area contributed by atoms with Gasteiger partial charge in [-0.15, -0.1) is 0 Å². The van der Waals surface area contributed by atoms with Crippen LogP contribution in [-0.2, 0) is 14.3 Å². The van der Waals surface area contributed by atoms with E-state index in [0.29, 0.717) is 23.7 Å². The van der Waals surface area contributed by atoms with E-state index in [1.165, 1.54) is 7.11 Å². The molecule has 0 fully saturated rings. The maximum atomic E-state index is 11.7. The van der Waals surface area contributed by atoms with Crippen LogP contribution in [0.3, 0.4) is 0 Å². The highest BCUT2D eigenvalue weighted by Crippen LogP contribution is 2.35. The zero-order chi connectivity index (χ0) is 13.1. The molecule has 1 aromatic rings. The summed E-state index contributed by atoms with van der Waals surface area (Å²) in [5, 5.41) is 0. The van der Waals surface area contributed by atoms with Gasteiger partial charge >= 0.3 is 5.97 Å². The molecule has 1 aromatic carbocycles. The first-order valence-corrected chi connectivity index (χ1v) is 5.48. The highest BCUT2D eigenvalue weighted by molar-refractivity contribution is 6.05. The molecule has 5 nitrogen and oxygen atoms in total. The van der Waals surface area contributed by atoms with Gasteiger partial charge in [0.2, 0.25) is 0 Å². The Morgan fingerprint density at radius 3 is 2.83 bits per heavy atom. The summed E-state index contributed by atoms with van der Waals surface area (Å²) in [5.41, 5.74) is 0.615. The smallest absolute Gasteiger partial charge is 0.346 e. The number of ether oxygens (including phenoxy) is 3. The lowest BCUT2D eigenvalue weighted by atomic mass is 9.98. The lowest BCUT2D eigenvalue weighted by molar-refractivity contribution is -0.144. The topological polar surface area (TPSA) is 61.8 Å². The Morgan fingerprint density at radius 1 is 1.44 bits per heavy atom. The van der Waals surface area contributed by atoms with Crippen LogP contribution in [0.25, 0.3) is 5.57 Å². The van der Waals surface area contributed by atoms with E-state index in [-0.39, 0.29) is 5.57 Å². The number of hydrogen-bond acceptors (Lipinski definition) is 5. The van der Waals surface area contributed by atoms with Crippen molar-refractivity contribution in [2.24, 2.45) is 0 Å². The Kier molecular flexibility index (Phi) is 3.46. The molecular weight excluding hydrogens is 236 g/mol. The molecule has 1 heterocycles. The molecule has 2 rings (SSSR count). The highest BCUT2D eigenvalue weighted by Gasteiger charge is 2.35. The minimum atomic E-state index is -1.02. The maximum absolute atomic E-state index is 11.7. The van der Waals surface area contributed by atoms with Crippen LogP contribution >= 0.6 is 0 Å². The quantitative estimate of drug-likeness (QED) is 0.457. The van der Waals surface area contributed by atoms with E-state index in [0.717, 1.165) is 0 Å². The van der Waals surface area contributed by atoms with Gasteiger partial charge < -0.3 is 14.2 Å². The number of esters is 1. The number of carbonyl (C=O) groups excluding carboxylic acids is 2. The monoisotopic (exact) mass is 248 g/mol. The van der Waals surface area contributed by atoms with E-state index in [4.69, 9.17) is 14.2 Å². The standard InChI is InChI=1S/C13H12O5/c1-3-17-12-10(7-14)9-6-8(16-2)4-5-11(9)18-13(12)15/h4-6,12H,3H2,1-2H3. The van der Waals surface area contributed by atoms with Crippen LogP contribution in [-0.4, -0.2) is 31.7 Å². The molecule has 94 valence electrons. The van der Waals surface area contributed by atoms with Gasteiger partial charge in [-0.25, -0.2) is 9.59 Å². The fourth-order valence-electron chi connectivity index (χ4n) is 1.78. The number of carbonyl (C=O) groups is 1. The maximum Gasteiger partial charge on any atom is 0.346 e. The van der Waals surface area contributed by atoms with E-state index >= 15 is 0 Å². The Labute approximate surface area is 104 Å². The largest absolute Gasteiger partial charge is 0.497 e. The average Bonchev–Trinajstić information content (AvgIpc) is 2.39. The van der Waals surface area contributed by atoms with Crippen molar-refractivity contribution in [3.8, 4) is 11.5 Å². The molecule has 0 saturated carbocycles. The number of methoxy groups -OCH3 is 1. The number of benzene rings is 1. The molecule has 1 unspecified atom stereocenters. The summed E-state index contributed by atoms with van der Waals surface area (Å²) in [4.78, 5) is 22.8. The Bertz CT molecular complexity index is 528. The number of rotatable bonds is 3. The molecule has 18 heavy (non-hydrogen) atoms. The van der Waals surface area contributed by atoms with Crippen LogP contribution in [0.2, 0.25) is 0 Å². The fraction of sp³-hybridized carbons (Fsp3) is 0.308. The third-order valence-electron chi connectivity index (χ3n) is 2.61. The van der Waals surface area contributed by atoms with E-state index < -0.39 is 12.1 Å². The zero-order valence-corrected chi connectivity index (χ0v) is 10.1. The zero-order valence-electron chi connectivity index (χ0n) is 10.1. The molecule has 1 aliphatic rings. The Hall–Kier alpha value is -2.10. The minimum Gasteiger partial charge on any atom is -0.497 e. The second-order valence-corrected chi connectivity index (χ2v) is 3.63. The normalized spacial score (nSPS) is 17.8. The third-order valence-corrected chi connectivity index (χ3v) is 2.61. The summed E-state index contributed by atoms with van der Waals surface area (Å²) in [6.45, 7) is 2.03. The van der Waals surface area contributed by atoms with E-state index in [9.17, 15) is 9.59 Å². The van der Waals surface area contributed by atoms with Gasteiger partial charge in [0.25, 0.3) is 0 Å². The SMILES string of the molecule is CCOC1C(=O)Oc2ccc(OC)cc2C1=C=O. The van der Waals surface area contributed by atoms with Crippen molar-refractivity contribution in [1.82, 2.24) is 0 Å². The summed E-state index contributed by atoms with van der Waals surface area (Å²) in [5.74, 6) is 2.04. The van der Waals surface area contributed by atoms with Crippen LogP contribution in [0.1, 0.15) is 12.5 Å². The average molecular weight is 248 g/mol. The summed E-state index contributed by atoms with van der Waals surface area (Å²) in [6.07, 6.45) is -1.02. The van der Waals surface area contributed by atoms with E-state index in [1.54, 1.807) is 31.1 Å². The molecule has 0 aliphatic carbocycles. The first kappa shape index (κ1) is 12.4. The number of fused-ring (bicyclic) bond motifs is 1. The lowest BCUT2D eigenvalue weighted by Gasteiger charge is -2.24. The third kappa shape index (κ3) is 2.01. The van der Waals surface area contributed by atoms with Gasteiger partial charge in [-0.3, -0.25) is 0 Å². The van der Waals surface area contributed by atoms with Crippen molar-refractivity contribution in [2.45, 2.75) is 13.0 Å². The molecule has 1 atom stereocenters. The Balaban J connectivity index is 2.52. The van der Waals surface area contributed by atoms with Gasteiger partial charge in [0, 0.05) is 12.2 Å². The molecule has 0 amide bonds. The van der Waals surface area contributed by atoms with Gasteiger partial charge in [0.15, 0.2) is 6.10 Å². The predicted molar refractivity (Wildman–Crippen MR) is 63.1 cm³/mol. The molecule has 0 saturated heterocycles. The van der Waals surface area contributed by atoms with Crippen molar-refractivity contribution >= 4 is 17.5 Å². The van der Waals surface area contributed by atoms with Crippen molar-refractivity contribution < 1.29 is 23.8 Å². The van der Waals surface area contributed by atoms with Crippen molar-refractivity contribution in [3.05, 3.63) is 23.8 Å². The van der Waals surface area contributed by atoms with Crippen molar-refractivity contribution in [2.75, 3.05) is 13.7 Å². The van der Waals surface area contributed by atoms with E-state index in [2.05, 4.69) is 0 Å². The van der Waals surface area contributed by atoms with Gasteiger partial charge in [-0.2, -0.15) is 0 Å². The first-order chi connectivity index (χ1) is 8.71. The molecule has 0 aromatic heterocycles. The van der Waals surface area contributed by atoms with Crippen LogP contribution in [0, 0.1) is 0 Å². The van der Waals surface area contributed by atoms with Gasteiger partial charge in [-0.05, 0) is 25.1 Å². The fourth-order valence-corrected chi connectivity index (χ4v) is 1.78. The summed E-state index contributed by atoms with van der Waals surface area (Å²) in [7, 11) is 1.51. The van der Waals surface area contributed by atoms with Crippen LogP contribution in [0.15, 0.2) is 18.2 Å². The summed E-state index contributed by atoms with van der Waals surface area (Å²) in [6, 6.07) is 4.84. The molecular formula is C13H12O5. The molecule has 0 radical (unpaired) electrons. The Morgan fingerprint density at radius 2 is 2.22 bits per heavy atom. The first-order valence-electron chi connectivity index (χ1n) is 5.48. The van der Waals surface area contributed by atoms with Gasteiger partial charge in [-0.1, -0.05) is 0 Å². The lowest BCUT2D eigenvalue weighted by Crippen LogP contribution is -2.34. The molecule has 0 spiro atoms. The van der Waals surface area contributed by atoms with Crippen molar-refractivity contribution in [1.29, 1.82) is 0 Å². The summed E-state index contributed by atoms with van der Waals surface area (Å²) >= 11 is 0. The second kappa shape index (κ2) is 5.04. The predicted octanol–water partition coefficient (Wildman–Crippen LogP) is 1.23. The molecule has 0 N–H and O–H groups in total. The molecule has 5 heteroatoms. The van der Waals surface area contributed by atoms with E-state index in [1.807, 2.05) is 0 Å². The summed E-state index contributed by atoms with van der Waals surface area (Å²) < 4.78 is 15.4. The number of hydrogen-bond donors (Lipinski definition) is 0. The second-order valence-electron chi connectivity index (χ2n) is 3.63. The van der Waals surface area contributed by atoms with Gasteiger partial charge in [0.1, 0.15) is 17.4 Å².